The summed E-state index contributed by atoms with van der Waals surface area (Å²) >= 11 is 0. The first-order chi connectivity index (χ1) is 13.2. The van der Waals surface area contributed by atoms with E-state index in [9.17, 15) is 4.57 Å². The fraction of sp³-hybridized carbons (Fsp3) is 0.100. The number of benzene rings is 2. The second kappa shape index (κ2) is 7.35. The zero-order valence-corrected chi connectivity index (χ0v) is 15.5. The van der Waals surface area contributed by atoms with Crippen molar-refractivity contribution < 1.29 is 18.1 Å². The van der Waals surface area contributed by atoms with Gasteiger partial charge in [0.25, 0.3) is 0 Å². The second-order valence-electron chi connectivity index (χ2n) is 5.71. The molecule has 2 aromatic heterocycles. The number of aromatic nitrogens is 2. The van der Waals surface area contributed by atoms with Crippen molar-refractivity contribution in [1.82, 2.24) is 9.97 Å². The molecule has 136 valence electrons. The van der Waals surface area contributed by atoms with E-state index in [1.54, 1.807) is 43.6 Å². The van der Waals surface area contributed by atoms with Crippen molar-refractivity contribution in [1.29, 1.82) is 0 Å². The average molecular weight is 380 g/mol. The Balaban J connectivity index is 1.73. The fourth-order valence-corrected chi connectivity index (χ4v) is 4.01. The third-order valence-corrected chi connectivity index (χ3v) is 5.31. The summed E-state index contributed by atoms with van der Waals surface area (Å²) in [5, 5.41) is 1.73. The molecule has 0 atom stereocenters. The molecule has 0 amide bonds. The molecule has 4 aromatic rings. The highest BCUT2D eigenvalue weighted by Crippen LogP contribution is 2.51. The van der Waals surface area contributed by atoms with Gasteiger partial charge in [0.1, 0.15) is 11.0 Å². The molecule has 2 aromatic carbocycles. The molecular formula is C20H17N2O4P. The molecule has 0 unspecified atom stereocenters. The maximum atomic E-state index is 13.3. The van der Waals surface area contributed by atoms with E-state index >= 15 is 0 Å². The van der Waals surface area contributed by atoms with Crippen molar-refractivity contribution in [3.8, 4) is 11.5 Å². The summed E-state index contributed by atoms with van der Waals surface area (Å²) in [6.07, 6.45) is 3.30. The molecule has 27 heavy (non-hydrogen) atoms. The Kier molecular flexibility index (Phi) is 4.75. The van der Waals surface area contributed by atoms with Crippen LogP contribution in [0.2, 0.25) is 0 Å². The SMILES string of the molecule is CCOP(=O)(Oc1cccc2cccnc12)Oc1cccc2cccnc12. The molecule has 6 nitrogen and oxygen atoms in total. The van der Waals surface area contributed by atoms with Crippen LogP contribution in [0, 0.1) is 0 Å². The van der Waals surface area contributed by atoms with Gasteiger partial charge in [0.05, 0.1) is 6.61 Å². The van der Waals surface area contributed by atoms with E-state index in [0.717, 1.165) is 10.8 Å². The number of hydrogen-bond donors (Lipinski definition) is 0. The Hall–Kier alpha value is -2.95. The third-order valence-electron chi connectivity index (χ3n) is 3.90. The minimum absolute atomic E-state index is 0.160. The van der Waals surface area contributed by atoms with Crippen LogP contribution >= 0.6 is 7.82 Å². The van der Waals surface area contributed by atoms with Crippen molar-refractivity contribution in [3.63, 3.8) is 0 Å². The van der Waals surface area contributed by atoms with Crippen molar-refractivity contribution in [2.45, 2.75) is 6.92 Å². The smallest absolute Gasteiger partial charge is 0.393 e. The largest absolute Gasteiger partial charge is 0.587 e. The molecule has 0 aliphatic heterocycles. The van der Waals surface area contributed by atoms with Gasteiger partial charge in [-0.2, -0.15) is 0 Å². The minimum Gasteiger partial charge on any atom is -0.393 e. The summed E-state index contributed by atoms with van der Waals surface area (Å²) in [6, 6.07) is 18.2. The monoisotopic (exact) mass is 380 g/mol. The minimum atomic E-state index is -3.95. The summed E-state index contributed by atoms with van der Waals surface area (Å²) in [5.74, 6) is 0.663. The number of rotatable bonds is 6. The van der Waals surface area contributed by atoms with E-state index in [-0.39, 0.29) is 6.61 Å². The molecule has 0 spiro atoms. The van der Waals surface area contributed by atoms with Crippen LogP contribution in [0.4, 0.5) is 0 Å². The van der Waals surface area contributed by atoms with E-state index in [1.165, 1.54) is 0 Å². The van der Waals surface area contributed by atoms with Crippen LogP contribution in [0.3, 0.4) is 0 Å². The first-order valence-corrected chi connectivity index (χ1v) is 9.96. The van der Waals surface area contributed by atoms with Gasteiger partial charge in [-0.1, -0.05) is 36.4 Å². The zero-order valence-electron chi connectivity index (χ0n) is 14.6. The highest BCUT2D eigenvalue weighted by molar-refractivity contribution is 7.49. The number of nitrogens with zero attached hydrogens (tertiary/aromatic N) is 2. The van der Waals surface area contributed by atoms with Crippen LogP contribution in [-0.2, 0) is 9.09 Å². The molecule has 0 aliphatic carbocycles. The van der Waals surface area contributed by atoms with Crippen molar-refractivity contribution in [2.24, 2.45) is 0 Å². The van der Waals surface area contributed by atoms with Gasteiger partial charge < -0.3 is 9.05 Å². The number of phosphoric acid groups is 1. The van der Waals surface area contributed by atoms with E-state index in [4.69, 9.17) is 13.6 Å². The predicted octanol–water partition coefficient (Wildman–Crippen LogP) is 5.39. The number of hydrogen-bond acceptors (Lipinski definition) is 6. The van der Waals surface area contributed by atoms with Crippen LogP contribution < -0.4 is 9.05 Å². The molecule has 2 heterocycles. The normalized spacial score (nSPS) is 11.6. The van der Waals surface area contributed by atoms with Crippen molar-refractivity contribution in [2.75, 3.05) is 6.61 Å². The molecule has 0 saturated heterocycles. The lowest BCUT2D eigenvalue weighted by Gasteiger charge is -2.19. The third kappa shape index (κ3) is 3.63. The van der Waals surface area contributed by atoms with Gasteiger partial charge in [0.15, 0.2) is 11.5 Å². The van der Waals surface area contributed by atoms with Gasteiger partial charge in [-0.3, -0.25) is 14.5 Å². The quantitative estimate of drug-likeness (QED) is 0.418. The van der Waals surface area contributed by atoms with Crippen molar-refractivity contribution >= 4 is 29.6 Å². The molecule has 0 bridgehead atoms. The Labute approximate surface area is 156 Å². The van der Waals surface area contributed by atoms with Crippen LogP contribution in [-0.4, -0.2) is 16.6 Å². The number of para-hydroxylation sites is 2. The lowest BCUT2D eigenvalue weighted by molar-refractivity contribution is 0.220. The summed E-state index contributed by atoms with van der Waals surface area (Å²) in [6.45, 7) is 1.88. The fourth-order valence-electron chi connectivity index (χ4n) is 2.77. The van der Waals surface area contributed by atoms with Crippen LogP contribution in [0.1, 0.15) is 6.92 Å². The highest BCUT2D eigenvalue weighted by atomic mass is 31.2. The zero-order chi connectivity index (χ0) is 18.7. The van der Waals surface area contributed by atoms with Gasteiger partial charge in [-0.15, -0.1) is 0 Å². The Morgan fingerprint density at radius 2 is 1.26 bits per heavy atom. The lowest BCUT2D eigenvalue weighted by atomic mass is 10.2. The van der Waals surface area contributed by atoms with E-state index in [0.29, 0.717) is 22.5 Å². The predicted molar refractivity (Wildman–Crippen MR) is 104 cm³/mol. The Bertz CT molecular complexity index is 1050. The first-order valence-electron chi connectivity index (χ1n) is 8.50. The van der Waals surface area contributed by atoms with Crippen LogP contribution in [0.15, 0.2) is 73.1 Å². The van der Waals surface area contributed by atoms with Gasteiger partial charge in [0, 0.05) is 23.2 Å². The standard InChI is InChI=1S/C20H17N2O4P/c1-2-24-27(23,25-17-11-3-7-15-9-5-13-21-19(15)17)26-18-12-4-8-16-10-6-14-22-20(16)18/h3-14H,2H2,1H3. The maximum Gasteiger partial charge on any atom is 0.587 e. The molecule has 0 aliphatic rings. The van der Waals surface area contributed by atoms with Crippen LogP contribution in [0.5, 0.6) is 11.5 Å². The van der Waals surface area contributed by atoms with Gasteiger partial charge >= 0.3 is 7.82 Å². The lowest BCUT2D eigenvalue weighted by Crippen LogP contribution is -2.06. The maximum absolute atomic E-state index is 13.3. The summed E-state index contributed by atoms with van der Waals surface area (Å²) in [5.41, 5.74) is 1.17. The van der Waals surface area contributed by atoms with E-state index < -0.39 is 7.82 Å². The number of phosphoric ester groups is 1. The molecule has 0 fully saturated rings. The van der Waals surface area contributed by atoms with Crippen LogP contribution in [0.25, 0.3) is 21.8 Å². The highest BCUT2D eigenvalue weighted by Gasteiger charge is 2.32. The molecule has 4 rings (SSSR count). The molecule has 0 N–H and O–H groups in total. The molecular weight excluding hydrogens is 363 g/mol. The average Bonchev–Trinajstić information content (AvgIpc) is 2.69. The summed E-state index contributed by atoms with van der Waals surface area (Å²) < 4.78 is 30.2. The number of pyridine rings is 2. The molecule has 7 heteroatoms. The Morgan fingerprint density at radius 3 is 1.74 bits per heavy atom. The number of fused-ring (bicyclic) bond motifs is 2. The summed E-state index contributed by atoms with van der Waals surface area (Å²) in [4.78, 5) is 8.63. The topological polar surface area (TPSA) is 70.5 Å². The van der Waals surface area contributed by atoms with Gasteiger partial charge in [-0.05, 0) is 31.2 Å². The second-order valence-corrected chi connectivity index (χ2v) is 7.23. The molecule has 0 saturated carbocycles. The molecule has 0 radical (unpaired) electrons. The summed E-state index contributed by atoms with van der Waals surface area (Å²) in [7, 11) is -3.95. The first kappa shape index (κ1) is 17.5. The van der Waals surface area contributed by atoms with Crippen molar-refractivity contribution in [3.05, 3.63) is 73.1 Å². The van der Waals surface area contributed by atoms with Gasteiger partial charge in [0.2, 0.25) is 0 Å². The van der Waals surface area contributed by atoms with Gasteiger partial charge in [-0.25, -0.2) is 4.57 Å². The van der Waals surface area contributed by atoms with E-state index in [1.807, 2.05) is 36.4 Å². The Morgan fingerprint density at radius 1 is 0.778 bits per heavy atom. The van der Waals surface area contributed by atoms with E-state index in [2.05, 4.69) is 9.97 Å².